The van der Waals surface area contributed by atoms with Gasteiger partial charge in [-0.25, -0.2) is 0 Å². The van der Waals surface area contributed by atoms with Crippen LogP contribution in [0, 0.1) is 0 Å². The van der Waals surface area contributed by atoms with Crippen molar-refractivity contribution >= 4 is 11.6 Å². The van der Waals surface area contributed by atoms with Crippen molar-refractivity contribution in [3.8, 4) is 11.5 Å². The molecular formula is C21H23NO3. The van der Waals surface area contributed by atoms with E-state index in [9.17, 15) is 4.79 Å². The SMILES string of the molecule is C=CCOc1ccc(NC(=O)COc2ccc3c(c2)CCCC3)cc1. The lowest BCUT2D eigenvalue weighted by Crippen LogP contribution is -2.20. The lowest BCUT2D eigenvalue weighted by Gasteiger charge is -2.16. The Hall–Kier alpha value is -2.75. The molecule has 4 nitrogen and oxygen atoms in total. The number of carbonyl (C=O) groups excluding carboxylic acids is 1. The maximum absolute atomic E-state index is 12.1. The number of anilines is 1. The van der Waals surface area contributed by atoms with Crippen molar-refractivity contribution in [2.45, 2.75) is 25.7 Å². The minimum absolute atomic E-state index is 0.00645. The van der Waals surface area contributed by atoms with Gasteiger partial charge in [-0.2, -0.15) is 0 Å². The van der Waals surface area contributed by atoms with Gasteiger partial charge in [-0.15, -0.1) is 0 Å². The highest BCUT2D eigenvalue weighted by Crippen LogP contribution is 2.25. The summed E-state index contributed by atoms with van der Waals surface area (Å²) in [6.07, 6.45) is 6.41. The summed E-state index contributed by atoms with van der Waals surface area (Å²) in [5.41, 5.74) is 3.46. The van der Waals surface area contributed by atoms with Gasteiger partial charge in [-0.3, -0.25) is 4.79 Å². The number of benzene rings is 2. The standard InChI is InChI=1S/C21H23NO3/c1-2-13-24-19-11-8-18(9-12-19)22-21(23)15-25-20-10-7-16-5-3-4-6-17(16)14-20/h2,7-12,14H,1,3-6,13,15H2,(H,22,23). The monoisotopic (exact) mass is 337 g/mol. The Balaban J connectivity index is 1.50. The van der Waals surface area contributed by atoms with Gasteiger partial charge in [-0.05, 0) is 73.2 Å². The molecule has 1 aliphatic rings. The summed E-state index contributed by atoms with van der Waals surface area (Å²) in [6, 6.07) is 13.3. The average molecular weight is 337 g/mol. The number of nitrogens with one attached hydrogen (secondary N) is 1. The second-order valence-corrected chi connectivity index (χ2v) is 6.10. The summed E-state index contributed by atoms with van der Waals surface area (Å²) < 4.78 is 11.0. The molecule has 0 aromatic heterocycles. The van der Waals surface area contributed by atoms with Crippen LogP contribution in [-0.2, 0) is 17.6 Å². The summed E-state index contributed by atoms with van der Waals surface area (Å²) in [7, 11) is 0. The highest BCUT2D eigenvalue weighted by atomic mass is 16.5. The van der Waals surface area contributed by atoms with Gasteiger partial charge in [0.1, 0.15) is 18.1 Å². The van der Waals surface area contributed by atoms with Gasteiger partial charge < -0.3 is 14.8 Å². The number of hydrogen-bond donors (Lipinski definition) is 1. The van der Waals surface area contributed by atoms with Crippen molar-refractivity contribution in [1.82, 2.24) is 0 Å². The minimum atomic E-state index is -0.183. The zero-order chi connectivity index (χ0) is 17.5. The Morgan fingerprint density at radius 1 is 1.00 bits per heavy atom. The molecule has 2 aromatic rings. The topological polar surface area (TPSA) is 47.6 Å². The first-order chi connectivity index (χ1) is 12.2. The van der Waals surface area contributed by atoms with Gasteiger partial charge in [0.15, 0.2) is 6.61 Å². The molecular weight excluding hydrogens is 314 g/mol. The van der Waals surface area contributed by atoms with Gasteiger partial charge in [0.25, 0.3) is 5.91 Å². The molecule has 1 aliphatic carbocycles. The van der Waals surface area contributed by atoms with Crippen molar-refractivity contribution in [3.63, 3.8) is 0 Å². The maximum atomic E-state index is 12.1. The van der Waals surface area contributed by atoms with Crippen molar-refractivity contribution in [2.75, 3.05) is 18.5 Å². The molecule has 0 bridgehead atoms. The highest BCUT2D eigenvalue weighted by Gasteiger charge is 2.11. The zero-order valence-electron chi connectivity index (χ0n) is 14.3. The fourth-order valence-corrected chi connectivity index (χ4v) is 2.94. The maximum Gasteiger partial charge on any atom is 0.262 e. The molecule has 25 heavy (non-hydrogen) atoms. The first kappa shape index (κ1) is 17.1. The molecule has 0 atom stereocenters. The molecule has 0 radical (unpaired) electrons. The third-order valence-corrected chi connectivity index (χ3v) is 4.20. The molecule has 0 fully saturated rings. The second kappa shape index (κ2) is 8.38. The van der Waals surface area contributed by atoms with Crippen LogP contribution in [0.25, 0.3) is 0 Å². The van der Waals surface area contributed by atoms with Gasteiger partial charge in [0, 0.05) is 5.69 Å². The van der Waals surface area contributed by atoms with E-state index < -0.39 is 0 Å². The van der Waals surface area contributed by atoms with Crippen LogP contribution >= 0.6 is 0 Å². The molecule has 1 N–H and O–H groups in total. The first-order valence-electron chi connectivity index (χ1n) is 8.63. The number of fused-ring (bicyclic) bond motifs is 1. The fraction of sp³-hybridized carbons (Fsp3) is 0.286. The number of amides is 1. The molecule has 0 unspecified atom stereocenters. The van der Waals surface area contributed by atoms with E-state index in [4.69, 9.17) is 9.47 Å². The Morgan fingerprint density at radius 3 is 2.48 bits per heavy atom. The van der Waals surface area contributed by atoms with Crippen LogP contribution in [0.2, 0.25) is 0 Å². The molecule has 4 heteroatoms. The summed E-state index contributed by atoms with van der Waals surface area (Å²) in [5.74, 6) is 1.31. The van der Waals surface area contributed by atoms with Crippen LogP contribution in [0.1, 0.15) is 24.0 Å². The molecule has 2 aromatic carbocycles. The lowest BCUT2D eigenvalue weighted by atomic mass is 9.92. The van der Waals surface area contributed by atoms with Crippen molar-refractivity contribution < 1.29 is 14.3 Å². The van der Waals surface area contributed by atoms with Crippen molar-refractivity contribution in [2.24, 2.45) is 0 Å². The van der Waals surface area contributed by atoms with E-state index in [0.717, 1.165) is 24.3 Å². The molecule has 0 saturated carbocycles. The van der Waals surface area contributed by atoms with E-state index in [-0.39, 0.29) is 12.5 Å². The zero-order valence-corrected chi connectivity index (χ0v) is 14.3. The van der Waals surface area contributed by atoms with Gasteiger partial charge in [0.2, 0.25) is 0 Å². The van der Waals surface area contributed by atoms with Gasteiger partial charge >= 0.3 is 0 Å². The first-order valence-corrected chi connectivity index (χ1v) is 8.63. The Morgan fingerprint density at radius 2 is 1.72 bits per heavy atom. The Labute approximate surface area is 148 Å². The van der Waals surface area contributed by atoms with Gasteiger partial charge in [-0.1, -0.05) is 18.7 Å². The van der Waals surface area contributed by atoms with Crippen molar-refractivity contribution in [3.05, 3.63) is 66.2 Å². The molecule has 0 heterocycles. The van der Waals surface area contributed by atoms with Crippen LogP contribution in [0.4, 0.5) is 5.69 Å². The molecule has 130 valence electrons. The summed E-state index contributed by atoms with van der Waals surface area (Å²) >= 11 is 0. The van der Waals surface area contributed by atoms with Crippen LogP contribution < -0.4 is 14.8 Å². The van der Waals surface area contributed by atoms with Crippen LogP contribution in [0.5, 0.6) is 11.5 Å². The molecule has 3 rings (SSSR count). The average Bonchev–Trinajstić information content (AvgIpc) is 2.65. The van der Waals surface area contributed by atoms with Crippen LogP contribution in [-0.4, -0.2) is 19.1 Å². The summed E-state index contributed by atoms with van der Waals surface area (Å²) in [4.78, 5) is 12.1. The lowest BCUT2D eigenvalue weighted by molar-refractivity contribution is -0.118. The second-order valence-electron chi connectivity index (χ2n) is 6.10. The molecule has 0 spiro atoms. The van der Waals surface area contributed by atoms with E-state index >= 15 is 0 Å². The van der Waals surface area contributed by atoms with E-state index in [1.54, 1.807) is 18.2 Å². The molecule has 0 saturated heterocycles. The minimum Gasteiger partial charge on any atom is -0.490 e. The fourth-order valence-electron chi connectivity index (χ4n) is 2.94. The number of carbonyl (C=O) groups is 1. The highest BCUT2D eigenvalue weighted by molar-refractivity contribution is 5.91. The van der Waals surface area contributed by atoms with E-state index in [0.29, 0.717) is 12.3 Å². The van der Waals surface area contributed by atoms with E-state index in [1.807, 2.05) is 18.2 Å². The van der Waals surface area contributed by atoms with E-state index in [2.05, 4.69) is 24.0 Å². The largest absolute Gasteiger partial charge is 0.490 e. The smallest absolute Gasteiger partial charge is 0.262 e. The normalized spacial score (nSPS) is 12.8. The summed E-state index contributed by atoms with van der Waals surface area (Å²) in [5, 5.41) is 2.82. The predicted octanol–water partition coefficient (Wildman–Crippen LogP) is 4.15. The number of ether oxygens (including phenoxy) is 2. The third kappa shape index (κ3) is 4.86. The molecule has 1 amide bonds. The third-order valence-electron chi connectivity index (χ3n) is 4.20. The molecule has 0 aliphatic heterocycles. The Bertz CT molecular complexity index is 737. The van der Waals surface area contributed by atoms with Gasteiger partial charge in [0.05, 0.1) is 0 Å². The number of aryl methyl sites for hydroxylation is 2. The predicted molar refractivity (Wildman–Crippen MR) is 99.3 cm³/mol. The number of hydrogen-bond acceptors (Lipinski definition) is 3. The number of rotatable bonds is 7. The quantitative estimate of drug-likeness (QED) is 0.772. The van der Waals surface area contributed by atoms with Crippen LogP contribution in [0.3, 0.4) is 0 Å². The van der Waals surface area contributed by atoms with E-state index in [1.165, 1.54) is 24.0 Å². The Kier molecular flexibility index (Phi) is 5.73. The van der Waals surface area contributed by atoms with Crippen LogP contribution in [0.15, 0.2) is 55.1 Å². The summed E-state index contributed by atoms with van der Waals surface area (Å²) in [6.45, 7) is 4.06. The van der Waals surface area contributed by atoms with Crippen molar-refractivity contribution in [1.29, 1.82) is 0 Å².